The zero-order valence-electron chi connectivity index (χ0n) is 9.17. The molecule has 0 rings (SSSR count). The molecule has 2 nitrogen and oxygen atoms in total. The first kappa shape index (κ1) is 14.0. The van der Waals surface area contributed by atoms with Gasteiger partial charge in [-0.15, -0.1) is 0 Å². The van der Waals surface area contributed by atoms with Gasteiger partial charge < -0.3 is 8.98 Å². The minimum Gasteiger partial charge on any atom is -0.315 e. The van der Waals surface area contributed by atoms with E-state index in [1.54, 1.807) is 0 Å². The lowest BCUT2D eigenvalue weighted by Gasteiger charge is -2.01. The first-order chi connectivity index (χ1) is 6.91. The van der Waals surface area contributed by atoms with Gasteiger partial charge in [0, 0.05) is 12.2 Å². The summed E-state index contributed by atoms with van der Waals surface area (Å²) < 4.78 is 5.30. The number of hydrogen-bond acceptors (Lipinski definition) is 3. The molecule has 0 saturated heterocycles. The van der Waals surface area contributed by atoms with E-state index < -0.39 is 0 Å². The second-order valence-electron chi connectivity index (χ2n) is 3.37. The molecule has 0 aliphatic rings. The first-order valence-electron chi connectivity index (χ1n) is 5.60. The third-order valence-corrected chi connectivity index (χ3v) is 2.72. The summed E-state index contributed by atoms with van der Waals surface area (Å²) in [6, 6.07) is 0. The number of rotatable bonds is 11. The van der Waals surface area contributed by atoms with E-state index in [4.69, 9.17) is 4.18 Å². The molecule has 0 aliphatic carbocycles. The minimum absolute atomic E-state index is 0.598. The zero-order chi connectivity index (χ0) is 10.5. The molecule has 0 aromatic carbocycles. The van der Waals surface area contributed by atoms with Crippen molar-refractivity contribution >= 4 is 18.3 Å². The molecule has 3 heteroatoms. The molecule has 0 heterocycles. The van der Waals surface area contributed by atoms with Crippen LogP contribution in [0.4, 0.5) is 0 Å². The molecule has 0 saturated carbocycles. The van der Waals surface area contributed by atoms with Crippen LogP contribution in [0.3, 0.4) is 0 Å². The van der Waals surface area contributed by atoms with Gasteiger partial charge >= 0.3 is 0 Å². The molecule has 0 bridgehead atoms. The van der Waals surface area contributed by atoms with Crippen molar-refractivity contribution in [2.24, 2.45) is 0 Å². The lowest BCUT2D eigenvalue weighted by molar-refractivity contribution is -0.107. The molecule has 0 unspecified atom stereocenters. The highest BCUT2D eigenvalue weighted by molar-refractivity contribution is 7.94. The molecule has 14 heavy (non-hydrogen) atoms. The SMILES string of the molecule is CCCCCCCCOSCCC=O. The van der Waals surface area contributed by atoms with Gasteiger partial charge in [0.25, 0.3) is 0 Å². The second-order valence-corrected chi connectivity index (χ2v) is 4.25. The zero-order valence-corrected chi connectivity index (χ0v) is 9.98. The molecule has 84 valence electrons. The molecule has 0 radical (unpaired) electrons. The lowest BCUT2D eigenvalue weighted by atomic mass is 10.1. The predicted molar refractivity (Wildman–Crippen MR) is 62.5 cm³/mol. The van der Waals surface area contributed by atoms with E-state index in [2.05, 4.69) is 6.92 Å². The van der Waals surface area contributed by atoms with Gasteiger partial charge in [-0.3, -0.25) is 0 Å². The molecule has 0 spiro atoms. The van der Waals surface area contributed by atoms with Gasteiger partial charge in [0.05, 0.1) is 6.61 Å². The third-order valence-electron chi connectivity index (χ3n) is 1.98. The van der Waals surface area contributed by atoms with E-state index in [0.717, 1.165) is 25.1 Å². The molecular weight excluding hydrogens is 196 g/mol. The van der Waals surface area contributed by atoms with Crippen LogP contribution in [0, 0.1) is 0 Å². The fourth-order valence-corrected chi connectivity index (χ4v) is 1.70. The van der Waals surface area contributed by atoms with Gasteiger partial charge in [-0.1, -0.05) is 39.0 Å². The summed E-state index contributed by atoms with van der Waals surface area (Å²) in [5.41, 5.74) is 0. The van der Waals surface area contributed by atoms with Crippen LogP contribution in [0.5, 0.6) is 0 Å². The van der Waals surface area contributed by atoms with Gasteiger partial charge in [0.2, 0.25) is 0 Å². The van der Waals surface area contributed by atoms with Crippen molar-refractivity contribution < 1.29 is 8.98 Å². The number of unbranched alkanes of at least 4 members (excludes halogenated alkanes) is 5. The number of carbonyl (C=O) groups excluding carboxylic acids is 1. The van der Waals surface area contributed by atoms with E-state index >= 15 is 0 Å². The van der Waals surface area contributed by atoms with E-state index in [1.807, 2.05) is 0 Å². The van der Waals surface area contributed by atoms with Crippen molar-refractivity contribution in [3.8, 4) is 0 Å². The van der Waals surface area contributed by atoms with E-state index in [0.29, 0.717) is 6.42 Å². The predicted octanol–water partition coefficient (Wildman–Crippen LogP) is 3.60. The van der Waals surface area contributed by atoms with Gasteiger partial charge in [0.1, 0.15) is 6.29 Å². The Morgan fingerprint density at radius 1 is 1.14 bits per heavy atom. The van der Waals surface area contributed by atoms with Crippen LogP contribution in [0.1, 0.15) is 51.9 Å². The fraction of sp³-hybridized carbons (Fsp3) is 0.909. The first-order valence-corrected chi connectivity index (χ1v) is 6.51. The Hall–Kier alpha value is -0.0200. The quantitative estimate of drug-likeness (QED) is 0.301. The van der Waals surface area contributed by atoms with Crippen molar-refractivity contribution in [2.75, 3.05) is 12.4 Å². The Balaban J connectivity index is 2.81. The molecule has 0 atom stereocenters. The lowest BCUT2D eigenvalue weighted by Crippen LogP contribution is -1.89. The number of carbonyl (C=O) groups is 1. The maximum Gasteiger partial charge on any atom is 0.120 e. The summed E-state index contributed by atoms with van der Waals surface area (Å²) >= 11 is 1.41. The Morgan fingerprint density at radius 3 is 2.57 bits per heavy atom. The molecular formula is C11H22O2S. The summed E-state index contributed by atoms with van der Waals surface area (Å²) in [5, 5.41) is 0. The minimum atomic E-state index is 0.598. The van der Waals surface area contributed by atoms with Crippen molar-refractivity contribution in [3.05, 3.63) is 0 Å². The maximum atomic E-state index is 9.97. The van der Waals surface area contributed by atoms with Crippen LogP contribution < -0.4 is 0 Å². The van der Waals surface area contributed by atoms with E-state index in [9.17, 15) is 4.79 Å². The van der Waals surface area contributed by atoms with E-state index in [-0.39, 0.29) is 0 Å². The Kier molecular flexibility index (Phi) is 13.0. The summed E-state index contributed by atoms with van der Waals surface area (Å²) in [7, 11) is 0. The van der Waals surface area contributed by atoms with Crippen LogP contribution in [0.15, 0.2) is 0 Å². The maximum absolute atomic E-state index is 9.97. The van der Waals surface area contributed by atoms with Crippen molar-refractivity contribution in [1.29, 1.82) is 0 Å². The Bertz CT molecular complexity index is 118. The van der Waals surface area contributed by atoms with Crippen molar-refractivity contribution in [1.82, 2.24) is 0 Å². The van der Waals surface area contributed by atoms with Crippen LogP contribution in [-0.4, -0.2) is 18.6 Å². The average molecular weight is 218 g/mol. The van der Waals surface area contributed by atoms with Crippen molar-refractivity contribution in [2.45, 2.75) is 51.9 Å². The highest BCUT2D eigenvalue weighted by Gasteiger charge is 1.91. The van der Waals surface area contributed by atoms with Gasteiger partial charge in [-0.25, -0.2) is 0 Å². The number of aldehydes is 1. The van der Waals surface area contributed by atoms with E-state index in [1.165, 1.54) is 44.1 Å². The molecule has 0 aliphatic heterocycles. The topological polar surface area (TPSA) is 26.3 Å². The Morgan fingerprint density at radius 2 is 1.86 bits per heavy atom. The Labute approximate surface area is 92.0 Å². The average Bonchev–Trinajstić information content (AvgIpc) is 2.21. The molecule has 0 aromatic rings. The summed E-state index contributed by atoms with van der Waals surface area (Å²) in [6.07, 6.45) is 9.30. The monoisotopic (exact) mass is 218 g/mol. The van der Waals surface area contributed by atoms with Gasteiger partial charge in [-0.05, 0) is 18.5 Å². The molecule has 0 N–H and O–H groups in total. The summed E-state index contributed by atoms with van der Waals surface area (Å²) in [6.45, 7) is 3.06. The van der Waals surface area contributed by atoms with Crippen LogP contribution in [-0.2, 0) is 8.98 Å². The van der Waals surface area contributed by atoms with Crippen LogP contribution in [0.25, 0.3) is 0 Å². The van der Waals surface area contributed by atoms with Gasteiger partial charge in [-0.2, -0.15) is 0 Å². The normalized spacial score (nSPS) is 10.4. The second kappa shape index (κ2) is 13.0. The highest BCUT2D eigenvalue weighted by Crippen LogP contribution is 2.08. The summed E-state index contributed by atoms with van der Waals surface area (Å²) in [4.78, 5) is 9.97. The molecule has 0 amide bonds. The largest absolute Gasteiger partial charge is 0.315 e. The highest BCUT2D eigenvalue weighted by atomic mass is 32.2. The smallest absolute Gasteiger partial charge is 0.120 e. The number of hydrogen-bond donors (Lipinski definition) is 0. The fourth-order valence-electron chi connectivity index (χ4n) is 1.16. The van der Waals surface area contributed by atoms with Gasteiger partial charge in [0.15, 0.2) is 0 Å². The van der Waals surface area contributed by atoms with Crippen LogP contribution >= 0.6 is 12.0 Å². The van der Waals surface area contributed by atoms with Crippen LogP contribution in [0.2, 0.25) is 0 Å². The van der Waals surface area contributed by atoms with Crippen molar-refractivity contribution in [3.63, 3.8) is 0 Å². The third kappa shape index (κ3) is 12.0. The molecule has 0 fully saturated rings. The molecule has 0 aromatic heterocycles. The standard InChI is InChI=1S/C11H22O2S/c1-2-3-4-5-6-7-10-13-14-11-8-9-12/h9H,2-8,10-11H2,1H3. The summed E-state index contributed by atoms with van der Waals surface area (Å²) in [5.74, 6) is 0.791.